The molecule has 0 aliphatic heterocycles. The van der Waals surface area contributed by atoms with E-state index in [1.54, 1.807) is 0 Å². The zero-order valence-electron chi connectivity index (χ0n) is 11.9. The number of carbonyl (C=O) groups excluding carboxylic acids is 1. The number of aromatic nitrogens is 1. The second-order valence-corrected chi connectivity index (χ2v) is 5.30. The van der Waals surface area contributed by atoms with Crippen LogP contribution in [0.4, 0.5) is 0 Å². The van der Waals surface area contributed by atoms with Gasteiger partial charge in [-0.15, -0.1) is 0 Å². The maximum Gasteiger partial charge on any atom is 0.175 e. The van der Waals surface area contributed by atoms with Crippen LogP contribution in [0.5, 0.6) is 0 Å². The molecule has 4 nitrogen and oxygen atoms in total. The summed E-state index contributed by atoms with van der Waals surface area (Å²) in [5.41, 5.74) is 7.99. The molecule has 1 aromatic rings. The number of nitrogens with two attached hydrogens (primary N) is 1. The molecule has 0 amide bonds. The fourth-order valence-corrected chi connectivity index (χ4v) is 2.02. The molecule has 1 unspecified atom stereocenters. The Balaban J connectivity index is 1.80. The second kappa shape index (κ2) is 5.90. The largest absolute Gasteiger partial charge is 0.494 e. The van der Waals surface area contributed by atoms with Crippen molar-refractivity contribution in [2.45, 2.75) is 26.2 Å². The molecule has 0 aromatic carbocycles. The summed E-state index contributed by atoms with van der Waals surface area (Å²) >= 11 is 0. The van der Waals surface area contributed by atoms with Gasteiger partial charge >= 0.3 is 0 Å². The molecule has 1 saturated carbocycles. The average Bonchev–Trinajstić information content (AvgIpc) is 3.16. The highest BCUT2D eigenvalue weighted by Gasteiger charge is 2.39. The van der Waals surface area contributed by atoms with Gasteiger partial charge in [0.15, 0.2) is 5.78 Å². The van der Waals surface area contributed by atoms with Crippen molar-refractivity contribution in [1.29, 1.82) is 0 Å². The van der Waals surface area contributed by atoms with E-state index in [-0.39, 0.29) is 11.5 Å². The Morgan fingerprint density at radius 2 is 2.35 bits per heavy atom. The highest BCUT2D eigenvalue weighted by Crippen LogP contribution is 2.46. The first-order valence-corrected chi connectivity index (χ1v) is 6.69. The molecule has 2 rings (SSSR count). The van der Waals surface area contributed by atoms with E-state index in [0.717, 1.165) is 12.1 Å². The third-order valence-electron chi connectivity index (χ3n) is 3.44. The van der Waals surface area contributed by atoms with Gasteiger partial charge in [0.2, 0.25) is 0 Å². The van der Waals surface area contributed by atoms with E-state index < -0.39 is 0 Å². The molecule has 2 atom stereocenters. The van der Waals surface area contributed by atoms with E-state index in [2.05, 4.69) is 23.7 Å². The summed E-state index contributed by atoms with van der Waals surface area (Å²) in [7, 11) is 0. The number of hydrogen-bond acceptors (Lipinski definition) is 4. The number of aryl methyl sites for hydroxylation is 1. The van der Waals surface area contributed by atoms with Crippen molar-refractivity contribution in [3.05, 3.63) is 53.7 Å². The molecule has 1 aliphatic rings. The van der Waals surface area contributed by atoms with Gasteiger partial charge in [0.1, 0.15) is 5.76 Å². The Kier molecular flexibility index (Phi) is 4.23. The first-order valence-electron chi connectivity index (χ1n) is 6.69. The van der Waals surface area contributed by atoms with Gasteiger partial charge in [0, 0.05) is 36.7 Å². The first-order chi connectivity index (χ1) is 9.47. The Morgan fingerprint density at radius 1 is 1.60 bits per heavy atom. The van der Waals surface area contributed by atoms with Gasteiger partial charge in [-0.3, -0.25) is 9.78 Å². The Morgan fingerprint density at radius 3 is 2.95 bits per heavy atom. The summed E-state index contributed by atoms with van der Waals surface area (Å²) in [6, 6.07) is 4.15. The highest BCUT2D eigenvalue weighted by molar-refractivity contribution is 5.92. The van der Waals surface area contributed by atoms with Gasteiger partial charge < -0.3 is 10.5 Å². The van der Waals surface area contributed by atoms with Crippen molar-refractivity contribution in [3.63, 3.8) is 0 Å². The van der Waals surface area contributed by atoms with E-state index in [4.69, 9.17) is 10.5 Å². The molecule has 1 aliphatic carbocycles. The fourth-order valence-electron chi connectivity index (χ4n) is 2.02. The van der Waals surface area contributed by atoms with Crippen molar-refractivity contribution in [1.82, 2.24) is 4.98 Å². The standard InChI is InChI=1S/C16H20N2O2/c1-10-4-5-16(18-8-10)14-7-13(14)9-20-11(2)6-15(17)12(3)19/h4-6,8,13-14H,2,7,9,17H2,1,3H3/b15-6+/t13?,14-/m1/s1. The maximum absolute atomic E-state index is 11.0. The smallest absolute Gasteiger partial charge is 0.175 e. The van der Waals surface area contributed by atoms with E-state index in [9.17, 15) is 4.79 Å². The van der Waals surface area contributed by atoms with Crippen molar-refractivity contribution in [2.24, 2.45) is 11.7 Å². The van der Waals surface area contributed by atoms with E-state index in [0.29, 0.717) is 24.2 Å². The summed E-state index contributed by atoms with van der Waals surface area (Å²) in [6.07, 6.45) is 4.44. The summed E-state index contributed by atoms with van der Waals surface area (Å²) in [6.45, 7) is 7.77. The number of ether oxygens (including phenoxy) is 1. The van der Waals surface area contributed by atoms with Crippen LogP contribution in [0.15, 0.2) is 42.4 Å². The van der Waals surface area contributed by atoms with Gasteiger partial charge in [-0.2, -0.15) is 0 Å². The first kappa shape index (κ1) is 14.3. The third kappa shape index (κ3) is 3.70. The monoisotopic (exact) mass is 272 g/mol. The van der Waals surface area contributed by atoms with Gasteiger partial charge in [0.25, 0.3) is 0 Å². The van der Waals surface area contributed by atoms with Gasteiger partial charge in [0.05, 0.1) is 12.3 Å². The lowest BCUT2D eigenvalue weighted by Crippen LogP contribution is -2.08. The van der Waals surface area contributed by atoms with Crippen LogP contribution >= 0.6 is 0 Å². The van der Waals surface area contributed by atoms with Crippen LogP contribution < -0.4 is 5.73 Å². The van der Waals surface area contributed by atoms with Crippen LogP contribution in [-0.2, 0) is 9.53 Å². The van der Waals surface area contributed by atoms with Gasteiger partial charge in [-0.05, 0) is 25.0 Å². The normalized spacial score (nSPS) is 21.4. The lowest BCUT2D eigenvalue weighted by molar-refractivity contribution is -0.113. The molecule has 1 heterocycles. The predicted molar refractivity (Wildman–Crippen MR) is 77.9 cm³/mol. The quantitative estimate of drug-likeness (QED) is 0.491. The van der Waals surface area contributed by atoms with Crippen LogP contribution in [0.25, 0.3) is 0 Å². The van der Waals surface area contributed by atoms with E-state index in [1.165, 1.54) is 18.6 Å². The van der Waals surface area contributed by atoms with Crippen molar-refractivity contribution in [3.8, 4) is 0 Å². The molecule has 2 N–H and O–H groups in total. The number of hydrogen-bond donors (Lipinski definition) is 1. The summed E-state index contributed by atoms with van der Waals surface area (Å²) < 4.78 is 5.53. The van der Waals surface area contributed by atoms with Crippen molar-refractivity contribution < 1.29 is 9.53 Å². The lowest BCUT2D eigenvalue weighted by Gasteiger charge is -2.06. The zero-order valence-corrected chi connectivity index (χ0v) is 11.9. The van der Waals surface area contributed by atoms with Crippen LogP contribution in [-0.4, -0.2) is 17.4 Å². The molecule has 1 aromatic heterocycles. The number of Topliss-reactive ketones (excluding diaryl/α,β-unsaturated/α-hetero) is 1. The predicted octanol–water partition coefficient (Wildman–Crippen LogP) is 2.46. The van der Waals surface area contributed by atoms with E-state index in [1.807, 2.05) is 13.1 Å². The van der Waals surface area contributed by atoms with Crippen molar-refractivity contribution >= 4 is 5.78 Å². The zero-order chi connectivity index (χ0) is 14.7. The molecule has 4 heteroatoms. The SMILES string of the molecule is C=C(/C=C(/N)C(C)=O)OCC1C[C@H]1c1ccc(C)cn1. The molecule has 1 fully saturated rings. The summed E-state index contributed by atoms with van der Waals surface area (Å²) in [5, 5.41) is 0. The number of nitrogens with zero attached hydrogens (tertiary/aromatic N) is 1. The number of ketones is 1. The van der Waals surface area contributed by atoms with Gasteiger partial charge in [-0.25, -0.2) is 0 Å². The molecule has 20 heavy (non-hydrogen) atoms. The van der Waals surface area contributed by atoms with Crippen LogP contribution in [0.3, 0.4) is 0 Å². The van der Waals surface area contributed by atoms with Gasteiger partial charge in [-0.1, -0.05) is 12.6 Å². The maximum atomic E-state index is 11.0. The van der Waals surface area contributed by atoms with Crippen LogP contribution in [0.1, 0.15) is 30.5 Å². The average molecular weight is 272 g/mol. The number of allylic oxidation sites excluding steroid dienone is 2. The van der Waals surface area contributed by atoms with Crippen molar-refractivity contribution in [2.75, 3.05) is 6.61 Å². The number of rotatable bonds is 6. The Labute approximate surface area is 119 Å². The highest BCUT2D eigenvalue weighted by atomic mass is 16.5. The minimum absolute atomic E-state index is 0.169. The Bertz CT molecular complexity index is 546. The molecular formula is C16H20N2O2. The minimum Gasteiger partial charge on any atom is -0.494 e. The molecular weight excluding hydrogens is 252 g/mol. The summed E-state index contributed by atoms with van der Waals surface area (Å²) in [5.74, 6) is 1.19. The number of carbonyl (C=O) groups is 1. The fraction of sp³-hybridized carbons (Fsp3) is 0.375. The second-order valence-electron chi connectivity index (χ2n) is 5.30. The lowest BCUT2D eigenvalue weighted by atomic mass is 10.2. The molecule has 106 valence electrons. The third-order valence-corrected chi connectivity index (χ3v) is 3.44. The molecule has 0 radical (unpaired) electrons. The van der Waals surface area contributed by atoms with Crippen LogP contribution in [0.2, 0.25) is 0 Å². The molecule has 0 bridgehead atoms. The minimum atomic E-state index is -0.178. The topological polar surface area (TPSA) is 65.2 Å². The van der Waals surface area contributed by atoms with E-state index >= 15 is 0 Å². The molecule has 0 spiro atoms. The summed E-state index contributed by atoms with van der Waals surface area (Å²) in [4.78, 5) is 15.4. The molecule has 0 saturated heterocycles. The Hall–Kier alpha value is -2.10. The van der Waals surface area contributed by atoms with Crippen LogP contribution in [0, 0.1) is 12.8 Å². The number of pyridine rings is 1.